The van der Waals surface area contributed by atoms with Crippen LogP contribution in [-0.2, 0) is 14.8 Å². The SMILES string of the molecule is CCOC(=O)c1cn(C2CN(S(=O)(=O)c3cccc(F)c3)C2)nn1. The molecule has 0 amide bonds. The van der Waals surface area contributed by atoms with Gasteiger partial charge in [-0.3, -0.25) is 0 Å². The molecular weight excluding hydrogens is 339 g/mol. The van der Waals surface area contributed by atoms with Gasteiger partial charge in [0.15, 0.2) is 5.69 Å². The molecule has 3 rings (SSSR count). The molecule has 1 aliphatic heterocycles. The lowest BCUT2D eigenvalue weighted by Gasteiger charge is -2.37. The van der Waals surface area contributed by atoms with Crippen LogP contribution in [0.3, 0.4) is 0 Å². The maximum atomic E-state index is 13.2. The Labute approximate surface area is 137 Å². The van der Waals surface area contributed by atoms with E-state index in [0.717, 1.165) is 6.07 Å². The van der Waals surface area contributed by atoms with E-state index >= 15 is 0 Å². The summed E-state index contributed by atoms with van der Waals surface area (Å²) in [6.45, 7) is 2.26. The molecule has 1 aromatic heterocycles. The predicted molar refractivity (Wildman–Crippen MR) is 80.2 cm³/mol. The van der Waals surface area contributed by atoms with Gasteiger partial charge in [0, 0.05) is 13.1 Å². The monoisotopic (exact) mass is 354 g/mol. The van der Waals surface area contributed by atoms with Gasteiger partial charge in [-0.25, -0.2) is 22.3 Å². The molecule has 8 nitrogen and oxygen atoms in total. The van der Waals surface area contributed by atoms with E-state index in [-0.39, 0.29) is 36.3 Å². The summed E-state index contributed by atoms with van der Waals surface area (Å²) in [4.78, 5) is 11.5. The van der Waals surface area contributed by atoms with Crippen LogP contribution in [0.1, 0.15) is 23.5 Å². The van der Waals surface area contributed by atoms with Crippen LogP contribution >= 0.6 is 0 Å². The van der Waals surface area contributed by atoms with E-state index in [1.54, 1.807) is 6.92 Å². The molecule has 2 heterocycles. The van der Waals surface area contributed by atoms with Crippen molar-refractivity contribution in [2.75, 3.05) is 19.7 Å². The van der Waals surface area contributed by atoms with Gasteiger partial charge in [0.25, 0.3) is 0 Å². The van der Waals surface area contributed by atoms with E-state index < -0.39 is 21.8 Å². The van der Waals surface area contributed by atoms with Crippen molar-refractivity contribution in [1.82, 2.24) is 19.3 Å². The molecule has 24 heavy (non-hydrogen) atoms. The number of rotatable bonds is 5. The van der Waals surface area contributed by atoms with Crippen LogP contribution in [0.2, 0.25) is 0 Å². The smallest absolute Gasteiger partial charge is 0.360 e. The molecule has 1 saturated heterocycles. The molecule has 1 aromatic carbocycles. The van der Waals surface area contributed by atoms with Crippen molar-refractivity contribution >= 4 is 16.0 Å². The molecule has 1 aliphatic rings. The second kappa shape index (κ2) is 6.29. The minimum absolute atomic E-state index is 0.0725. The number of esters is 1. The molecule has 2 aromatic rings. The van der Waals surface area contributed by atoms with E-state index in [0.29, 0.717) is 0 Å². The molecule has 0 N–H and O–H groups in total. The second-order valence-electron chi connectivity index (χ2n) is 5.24. The summed E-state index contributed by atoms with van der Waals surface area (Å²) >= 11 is 0. The topological polar surface area (TPSA) is 94.4 Å². The van der Waals surface area contributed by atoms with Crippen LogP contribution in [0, 0.1) is 5.82 Å². The molecule has 10 heteroatoms. The summed E-state index contributed by atoms with van der Waals surface area (Å²) in [5.41, 5.74) is 0.0725. The lowest BCUT2D eigenvalue weighted by atomic mass is 10.2. The zero-order chi connectivity index (χ0) is 17.3. The minimum Gasteiger partial charge on any atom is -0.461 e. The first-order chi connectivity index (χ1) is 11.4. The number of hydrogen-bond donors (Lipinski definition) is 0. The first-order valence-electron chi connectivity index (χ1n) is 7.26. The van der Waals surface area contributed by atoms with Gasteiger partial charge in [-0.2, -0.15) is 4.31 Å². The number of sulfonamides is 1. The lowest BCUT2D eigenvalue weighted by molar-refractivity contribution is 0.0519. The molecule has 0 radical (unpaired) electrons. The number of hydrogen-bond acceptors (Lipinski definition) is 6. The molecule has 0 spiro atoms. The highest BCUT2D eigenvalue weighted by atomic mass is 32.2. The maximum absolute atomic E-state index is 13.2. The van der Waals surface area contributed by atoms with Gasteiger partial charge in [-0.15, -0.1) is 5.10 Å². The first-order valence-corrected chi connectivity index (χ1v) is 8.70. The van der Waals surface area contributed by atoms with E-state index in [4.69, 9.17) is 4.74 Å². The normalized spacial score (nSPS) is 15.9. The van der Waals surface area contributed by atoms with E-state index in [1.807, 2.05) is 0 Å². The molecule has 0 saturated carbocycles. The summed E-state index contributed by atoms with van der Waals surface area (Å²) in [6, 6.07) is 4.63. The van der Waals surface area contributed by atoms with Gasteiger partial charge in [0.05, 0.1) is 23.7 Å². The minimum atomic E-state index is -3.74. The quantitative estimate of drug-likeness (QED) is 0.739. The average molecular weight is 354 g/mol. The number of aromatic nitrogens is 3. The van der Waals surface area contributed by atoms with Gasteiger partial charge in [0.2, 0.25) is 10.0 Å². The highest BCUT2D eigenvalue weighted by Crippen LogP contribution is 2.28. The van der Waals surface area contributed by atoms with E-state index in [1.165, 1.54) is 33.4 Å². The van der Waals surface area contributed by atoms with Crippen LogP contribution in [0.5, 0.6) is 0 Å². The molecule has 0 bridgehead atoms. The summed E-state index contributed by atoms with van der Waals surface area (Å²) < 4.78 is 45.5. The Morgan fingerprint density at radius 1 is 1.42 bits per heavy atom. The number of nitrogens with zero attached hydrogens (tertiary/aromatic N) is 4. The largest absolute Gasteiger partial charge is 0.461 e. The van der Waals surface area contributed by atoms with Crippen molar-refractivity contribution in [2.45, 2.75) is 17.9 Å². The van der Waals surface area contributed by atoms with Crippen molar-refractivity contribution in [3.8, 4) is 0 Å². The van der Waals surface area contributed by atoms with Gasteiger partial charge in [-0.1, -0.05) is 11.3 Å². The first kappa shape index (κ1) is 16.5. The molecule has 0 atom stereocenters. The second-order valence-corrected chi connectivity index (χ2v) is 7.18. The molecular formula is C14H15FN4O4S. The van der Waals surface area contributed by atoms with E-state index in [2.05, 4.69) is 10.3 Å². The summed E-state index contributed by atoms with van der Waals surface area (Å²) in [5, 5.41) is 7.54. The summed E-state index contributed by atoms with van der Waals surface area (Å²) in [6.07, 6.45) is 1.43. The predicted octanol–water partition coefficient (Wildman–Crippen LogP) is 0.840. The number of carbonyl (C=O) groups excluding carboxylic acids is 1. The van der Waals surface area contributed by atoms with Crippen molar-refractivity contribution in [3.05, 3.63) is 42.0 Å². The van der Waals surface area contributed by atoms with Crippen LogP contribution in [0.25, 0.3) is 0 Å². The maximum Gasteiger partial charge on any atom is 0.360 e. The third-order valence-corrected chi connectivity index (χ3v) is 5.46. The van der Waals surface area contributed by atoms with Crippen LogP contribution in [0.4, 0.5) is 4.39 Å². The average Bonchev–Trinajstić information content (AvgIpc) is 2.95. The molecule has 1 fully saturated rings. The highest BCUT2D eigenvalue weighted by Gasteiger charge is 2.38. The fraction of sp³-hybridized carbons (Fsp3) is 0.357. The number of ether oxygens (including phenoxy) is 1. The van der Waals surface area contributed by atoms with Gasteiger partial charge in [-0.05, 0) is 25.1 Å². The van der Waals surface area contributed by atoms with Gasteiger partial charge in [0.1, 0.15) is 5.82 Å². The van der Waals surface area contributed by atoms with E-state index in [9.17, 15) is 17.6 Å². The van der Waals surface area contributed by atoms with Crippen LogP contribution in [-0.4, -0.2) is 53.4 Å². The van der Waals surface area contributed by atoms with Crippen molar-refractivity contribution in [1.29, 1.82) is 0 Å². The van der Waals surface area contributed by atoms with Crippen molar-refractivity contribution in [2.24, 2.45) is 0 Å². The Hall–Kier alpha value is -2.33. The third-order valence-electron chi connectivity index (χ3n) is 3.63. The Bertz CT molecular complexity index is 861. The zero-order valence-corrected chi connectivity index (χ0v) is 13.6. The molecule has 128 valence electrons. The van der Waals surface area contributed by atoms with Crippen LogP contribution < -0.4 is 0 Å². The van der Waals surface area contributed by atoms with Crippen LogP contribution in [0.15, 0.2) is 35.4 Å². The number of benzene rings is 1. The Balaban J connectivity index is 1.68. The fourth-order valence-electron chi connectivity index (χ4n) is 2.31. The number of carbonyl (C=O) groups is 1. The Kier molecular flexibility index (Phi) is 4.33. The Morgan fingerprint density at radius 3 is 2.83 bits per heavy atom. The fourth-order valence-corrected chi connectivity index (χ4v) is 3.86. The zero-order valence-electron chi connectivity index (χ0n) is 12.8. The molecule has 0 unspecified atom stereocenters. The molecule has 0 aliphatic carbocycles. The summed E-state index contributed by atoms with van der Waals surface area (Å²) in [5.74, 6) is -1.18. The summed E-state index contributed by atoms with van der Waals surface area (Å²) in [7, 11) is -3.74. The Morgan fingerprint density at radius 2 is 2.17 bits per heavy atom. The third kappa shape index (κ3) is 3.02. The standard InChI is InChI=1S/C14H15FN4O4S/c1-2-23-14(20)13-9-19(17-16-13)11-7-18(8-11)24(21,22)12-5-3-4-10(15)6-12/h3-6,9,11H,2,7-8H2,1H3. The number of halogens is 1. The van der Waals surface area contributed by atoms with Crippen molar-refractivity contribution < 1.29 is 22.3 Å². The lowest BCUT2D eigenvalue weighted by Crippen LogP contribution is -2.50. The van der Waals surface area contributed by atoms with Crippen molar-refractivity contribution in [3.63, 3.8) is 0 Å². The van der Waals surface area contributed by atoms with Gasteiger partial charge >= 0.3 is 5.97 Å². The van der Waals surface area contributed by atoms with Gasteiger partial charge < -0.3 is 4.74 Å². The highest BCUT2D eigenvalue weighted by molar-refractivity contribution is 7.89.